The lowest BCUT2D eigenvalue weighted by Crippen LogP contribution is -2.63. The Labute approximate surface area is 114 Å². The average molecular weight is 254 g/mol. The van der Waals surface area contributed by atoms with Crippen LogP contribution in [0.15, 0.2) is 0 Å². The van der Waals surface area contributed by atoms with Crippen molar-refractivity contribution in [3.05, 3.63) is 0 Å². The first-order valence-electron chi connectivity index (χ1n) is 7.98. The molecular formula is C16H34N2. The molecule has 0 amide bonds. The van der Waals surface area contributed by atoms with E-state index >= 15 is 0 Å². The second-order valence-corrected chi connectivity index (χ2v) is 6.56. The molecule has 0 aliphatic heterocycles. The van der Waals surface area contributed by atoms with Gasteiger partial charge in [-0.15, -0.1) is 0 Å². The average Bonchev–Trinajstić information content (AvgIpc) is 2.31. The summed E-state index contributed by atoms with van der Waals surface area (Å²) < 4.78 is 0. The van der Waals surface area contributed by atoms with Crippen LogP contribution in [0.4, 0.5) is 0 Å². The van der Waals surface area contributed by atoms with Crippen molar-refractivity contribution in [1.82, 2.24) is 4.90 Å². The van der Waals surface area contributed by atoms with Gasteiger partial charge in [-0.1, -0.05) is 47.5 Å². The molecule has 2 nitrogen and oxygen atoms in total. The van der Waals surface area contributed by atoms with Crippen LogP contribution in [0.5, 0.6) is 0 Å². The summed E-state index contributed by atoms with van der Waals surface area (Å²) in [5, 5.41) is 0. The molecule has 1 rings (SSSR count). The molecule has 1 aliphatic rings. The molecule has 0 spiro atoms. The van der Waals surface area contributed by atoms with Crippen LogP contribution < -0.4 is 5.73 Å². The third-order valence-corrected chi connectivity index (χ3v) is 5.29. The molecule has 1 fully saturated rings. The molecule has 0 heterocycles. The summed E-state index contributed by atoms with van der Waals surface area (Å²) in [7, 11) is 0. The van der Waals surface area contributed by atoms with Crippen molar-refractivity contribution in [3.8, 4) is 0 Å². The van der Waals surface area contributed by atoms with Crippen LogP contribution in [-0.4, -0.2) is 30.1 Å². The summed E-state index contributed by atoms with van der Waals surface area (Å²) >= 11 is 0. The Balaban J connectivity index is 2.62. The highest BCUT2D eigenvalue weighted by Gasteiger charge is 2.47. The van der Waals surface area contributed by atoms with Crippen LogP contribution in [-0.2, 0) is 0 Å². The SMILES string of the molecule is CCC(CC)CN(CC)C1(CN)CC(C(C)C)C1. The largest absolute Gasteiger partial charge is 0.329 e. The summed E-state index contributed by atoms with van der Waals surface area (Å²) in [6.45, 7) is 14.9. The minimum absolute atomic E-state index is 0.326. The first-order valence-corrected chi connectivity index (χ1v) is 7.98. The lowest BCUT2D eigenvalue weighted by molar-refractivity contribution is -0.0405. The maximum absolute atomic E-state index is 6.12. The number of rotatable bonds is 8. The molecule has 108 valence electrons. The highest BCUT2D eigenvalue weighted by Crippen LogP contribution is 2.45. The lowest BCUT2D eigenvalue weighted by atomic mass is 9.63. The van der Waals surface area contributed by atoms with Gasteiger partial charge in [0.25, 0.3) is 0 Å². The Morgan fingerprint density at radius 1 is 1.17 bits per heavy atom. The molecule has 0 aromatic rings. The quantitative estimate of drug-likeness (QED) is 0.718. The lowest BCUT2D eigenvalue weighted by Gasteiger charge is -2.56. The Morgan fingerprint density at radius 2 is 1.72 bits per heavy atom. The van der Waals surface area contributed by atoms with Gasteiger partial charge in [0.05, 0.1) is 0 Å². The highest BCUT2D eigenvalue weighted by molar-refractivity contribution is 5.04. The van der Waals surface area contributed by atoms with Crippen molar-refractivity contribution >= 4 is 0 Å². The number of hydrogen-bond donors (Lipinski definition) is 1. The molecular weight excluding hydrogens is 220 g/mol. The topological polar surface area (TPSA) is 29.3 Å². The summed E-state index contributed by atoms with van der Waals surface area (Å²) in [4.78, 5) is 2.68. The summed E-state index contributed by atoms with van der Waals surface area (Å²) in [5.74, 6) is 2.55. The van der Waals surface area contributed by atoms with Crippen molar-refractivity contribution in [2.75, 3.05) is 19.6 Å². The zero-order chi connectivity index (χ0) is 13.8. The maximum Gasteiger partial charge on any atom is 0.0337 e. The molecule has 18 heavy (non-hydrogen) atoms. The van der Waals surface area contributed by atoms with Crippen LogP contribution in [0.1, 0.15) is 60.3 Å². The molecule has 0 bridgehead atoms. The van der Waals surface area contributed by atoms with Crippen LogP contribution in [0.2, 0.25) is 0 Å². The van der Waals surface area contributed by atoms with E-state index in [4.69, 9.17) is 5.73 Å². The molecule has 1 aliphatic carbocycles. The van der Waals surface area contributed by atoms with Gasteiger partial charge in [-0.3, -0.25) is 4.90 Å². The molecule has 2 N–H and O–H groups in total. The van der Waals surface area contributed by atoms with Gasteiger partial charge in [-0.25, -0.2) is 0 Å². The standard InChI is InChI=1S/C16H34N2/c1-6-14(7-2)11-18(8-3)16(12-17)9-15(10-16)13(4)5/h13-15H,6-12,17H2,1-5H3. The van der Waals surface area contributed by atoms with Crippen LogP contribution >= 0.6 is 0 Å². The van der Waals surface area contributed by atoms with Crippen molar-refractivity contribution < 1.29 is 0 Å². The third kappa shape index (κ3) is 3.27. The second kappa shape index (κ2) is 6.91. The Bertz CT molecular complexity index is 227. The zero-order valence-corrected chi connectivity index (χ0v) is 13.2. The number of nitrogens with zero attached hydrogens (tertiary/aromatic N) is 1. The fourth-order valence-corrected chi connectivity index (χ4v) is 3.46. The van der Waals surface area contributed by atoms with Gasteiger partial charge in [0, 0.05) is 18.6 Å². The predicted molar refractivity (Wildman–Crippen MR) is 80.7 cm³/mol. The Morgan fingerprint density at radius 3 is 2.06 bits per heavy atom. The van der Waals surface area contributed by atoms with E-state index in [0.29, 0.717) is 5.54 Å². The van der Waals surface area contributed by atoms with E-state index in [9.17, 15) is 0 Å². The molecule has 0 radical (unpaired) electrons. The molecule has 1 saturated carbocycles. The third-order valence-electron chi connectivity index (χ3n) is 5.29. The Hall–Kier alpha value is -0.0800. The minimum Gasteiger partial charge on any atom is -0.329 e. The van der Waals surface area contributed by atoms with E-state index < -0.39 is 0 Å². The molecule has 0 aromatic carbocycles. The molecule has 0 unspecified atom stereocenters. The van der Waals surface area contributed by atoms with Gasteiger partial charge >= 0.3 is 0 Å². The van der Waals surface area contributed by atoms with E-state index in [1.807, 2.05) is 0 Å². The fraction of sp³-hybridized carbons (Fsp3) is 1.00. The van der Waals surface area contributed by atoms with E-state index in [1.54, 1.807) is 0 Å². The highest BCUT2D eigenvalue weighted by atomic mass is 15.2. The molecule has 2 heteroatoms. The maximum atomic E-state index is 6.12. The molecule has 0 saturated heterocycles. The van der Waals surface area contributed by atoms with Crippen molar-refractivity contribution in [1.29, 1.82) is 0 Å². The number of likely N-dealkylation sites (N-methyl/N-ethyl adjacent to an activating group) is 1. The number of nitrogens with two attached hydrogens (primary N) is 1. The van der Waals surface area contributed by atoms with Crippen LogP contribution in [0.3, 0.4) is 0 Å². The summed E-state index contributed by atoms with van der Waals surface area (Å²) in [5.41, 5.74) is 6.45. The van der Waals surface area contributed by atoms with Gasteiger partial charge in [0.2, 0.25) is 0 Å². The van der Waals surface area contributed by atoms with Gasteiger partial charge in [0.1, 0.15) is 0 Å². The predicted octanol–water partition coefficient (Wildman–Crippen LogP) is 3.51. The van der Waals surface area contributed by atoms with Crippen molar-refractivity contribution in [2.24, 2.45) is 23.5 Å². The van der Waals surface area contributed by atoms with Crippen molar-refractivity contribution in [2.45, 2.75) is 65.8 Å². The second-order valence-electron chi connectivity index (χ2n) is 6.56. The van der Waals surface area contributed by atoms with E-state index in [0.717, 1.165) is 30.8 Å². The van der Waals surface area contributed by atoms with E-state index in [1.165, 1.54) is 32.2 Å². The van der Waals surface area contributed by atoms with Gasteiger partial charge in [-0.05, 0) is 37.1 Å². The summed E-state index contributed by atoms with van der Waals surface area (Å²) in [6.07, 6.45) is 5.22. The summed E-state index contributed by atoms with van der Waals surface area (Å²) in [6, 6.07) is 0. The van der Waals surface area contributed by atoms with E-state index in [-0.39, 0.29) is 0 Å². The van der Waals surface area contributed by atoms with Crippen LogP contribution in [0, 0.1) is 17.8 Å². The molecule has 0 aromatic heterocycles. The fourth-order valence-electron chi connectivity index (χ4n) is 3.46. The van der Waals surface area contributed by atoms with Crippen LogP contribution in [0.25, 0.3) is 0 Å². The van der Waals surface area contributed by atoms with Gasteiger partial charge in [-0.2, -0.15) is 0 Å². The van der Waals surface area contributed by atoms with Crippen molar-refractivity contribution in [3.63, 3.8) is 0 Å². The van der Waals surface area contributed by atoms with Gasteiger partial charge < -0.3 is 5.73 Å². The minimum atomic E-state index is 0.326. The first kappa shape index (κ1) is 16.0. The van der Waals surface area contributed by atoms with E-state index in [2.05, 4.69) is 39.5 Å². The number of hydrogen-bond acceptors (Lipinski definition) is 2. The smallest absolute Gasteiger partial charge is 0.0337 e. The monoisotopic (exact) mass is 254 g/mol. The first-order chi connectivity index (χ1) is 8.52. The Kier molecular flexibility index (Phi) is 6.13. The molecule has 0 atom stereocenters. The zero-order valence-electron chi connectivity index (χ0n) is 13.2. The normalized spacial score (nSPS) is 28.2. The van der Waals surface area contributed by atoms with Gasteiger partial charge in [0.15, 0.2) is 0 Å².